The number of aryl methyl sites for hydroxylation is 1. The van der Waals surface area contributed by atoms with Gasteiger partial charge in [-0.05, 0) is 37.2 Å². The second-order valence-electron chi connectivity index (χ2n) is 4.50. The SMILES string of the molecule is CCNCc1cc(C)nc(Cc2cccc(Br)c2)n1. The van der Waals surface area contributed by atoms with Crippen LogP contribution in [0.5, 0.6) is 0 Å². The summed E-state index contributed by atoms with van der Waals surface area (Å²) in [6, 6.07) is 10.3. The largest absolute Gasteiger partial charge is 0.311 e. The molecular formula is C15H18BrN3. The lowest BCUT2D eigenvalue weighted by molar-refractivity contribution is 0.700. The Kier molecular flexibility index (Phi) is 5.05. The molecular weight excluding hydrogens is 302 g/mol. The highest BCUT2D eigenvalue weighted by Crippen LogP contribution is 2.14. The van der Waals surface area contributed by atoms with E-state index in [1.807, 2.05) is 25.1 Å². The minimum Gasteiger partial charge on any atom is -0.311 e. The zero-order chi connectivity index (χ0) is 13.7. The molecule has 0 amide bonds. The first-order valence-corrected chi connectivity index (χ1v) is 7.25. The number of aromatic nitrogens is 2. The summed E-state index contributed by atoms with van der Waals surface area (Å²) in [6.07, 6.45) is 0.764. The van der Waals surface area contributed by atoms with Gasteiger partial charge in [0.25, 0.3) is 0 Å². The van der Waals surface area contributed by atoms with Crippen molar-refractivity contribution in [2.75, 3.05) is 6.54 Å². The first kappa shape index (κ1) is 14.2. The van der Waals surface area contributed by atoms with Gasteiger partial charge in [0.15, 0.2) is 0 Å². The minimum atomic E-state index is 0.764. The zero-order valence-corrected chi connectivity index (χ0v) is 12.9. The molecule has 1 heterocycles. The number of rotatable bonds is 5. The third-order valence-corrected chi connectivity index (χ3v) is 3.25. The van der Waals surface area contributed by atoms with Crippen LogP contribution < -0.4 is 5.32 Å². The number of hydrogen-bond donors (Lipinski definition) is 1. The third-order valence-electron chi connectivity index (χ3n) is 2.76. The van der Waals surface area contributed by atoms with Crippen LogP contribution in [0, 0.1) is 6.92 Å². The molecule has 2 rings (SSSR count). The number of hydrogen-bond acceptors (Lipinski definition) is 3. The predicted molar refractivity (Wildman–Crippen MR) is 81.1 cm³/mol. The van der Waals surface area contributed by atoms with Crippen molar-refractivity contribution in [1.82, 2.24) is 15.3 Å². The fraction of sp³-hybridized carbons (Fsp3) is 0.333. The maximum Gasteiger partial charge on any atom is 0.133 e. The molecule has 0 saturated heterocycles. The van der Waals surface area contributed by atoms with Gasteiger partial charge in [0.2, 0.25) is 0 Å². The van der Waals surface area contributed by atoms with Crippen LogP contribution in [0.1, 0.15) is 29.7 Å². The number of halogens is 1. The highest BCUT2D eigenvalue weighted by molar-refractivity contribution is 9.10. The molecule has 0 aliphatic heterocycles. The van der Waals surface area contributed by atoms with Gasteiger partial charge in [0.1, 0.15) is 5.82 Å². The molecule has 0 spiro atoms. The summed E-state index contributed by atoms with van der Waals surface area (Å²) in [4.78, 5) is 9.12. The predicted octanol–water partition coefficient (Wildman–Crippen LogP) is 3.25. The molecule has 0 unspecified atom stereocenters. The van der Waals surface area contributed by atoms with Crippen molar-refractivity contribution >= 4 is 15.9 Å². The van der Waals surface area contributed by atoms with Crippen LogP contribution >= 0.6 is 15.9 Å². The van der Waals surface area contributed by atoms with Crippen molar-refractivity contribution < 1.29 is 0 Å². The summed E-state index contributed by atoms with van der Waals surface area (Å²) in [5, 5.41) is 3.29. The summed E-state index contributed by atoms with van der Waals surface area (Å²) in [6.45, 7) is 5.85. The van der Waals surface area contributed by atoms with Gasteiger partial charge >= 0.3 is 0 Å². The molecule has 0 saturated carbocycles. The Hall–Kier alpha value is -1.26. The van der Waals surface area contributed by atoms with Crippen molar-refractivity contribution in [2.24, 2.45) is 0 Å². The molecule has 1 aromatic carbocycles. The minimum absolute atomic E-state index is 0.764. The Balaban J connectivity index is 2.17. The van der Waals surface area contributed by atoms with Crippen molar-refractivity contribution in [3.8, 4) is 0 Å². The monoisotopic (exact) mass is 319 g/mol. The van der Waals surface area contributed by atoms with E-state index in [4.69, 9.17) is 0 Å². The summed E-state index contributed by atoms with van der Waals surface area (Å²) < 4.78 is 1.09. The van der Waals surface area contributed by atoms with Crippen molar-refractivity contribution in [1.29, 1.82) is 0 Å². The van der Waals surface area contributed by atoms with E-state index in [9.17, 15) is 0 Å². The molecule has 19 heavy (non-hydrogen) atoms. The fourth-order valence-electron chi connectivity index (χ4n) is 1.95. The van der Waals surface area contributed by atoms with Gasteiger partial charge in [0.05, 0.1) is 5.69 Å². The average Bonchev–Trinajstić information content (AvgIpc) is 2.35. The molecule has 2 aromatic rings. The highest BCUT2D eigenvalue weighted by atomic mass is 79.9. The lowest BCUT2D eigenvalue weighted by atomic mass is 10.1. The van der Waals surface area contributed by atoms with Gasteiger partial charge in [-0.15, -0.1) is 0 Å². The van der Waals surface area contributed by atoms with Crippen LogP contribution in [0.4, 0.5) is 0 Å². The van der Waals surface area contributed by atoms with Gasteiger partial charge in [-0.1, -0.05) is 35.0 Å². The molecule has 100 valence electrons. The average molecular weight is 320 g/mol. The van der Waals surface area contributed by atoms with E-state index in [2.05, 4.69) is 50.3 Å². The van der Waals surface area contributed by atoms with Gasteiger partial charge < -0.3 is 5.32 Å². The van der Waals surface area contributed by atoms with Crippen molar-refractivity contribution in [2.45, 2.75) is 26.8 Å². The molecule has 0 atom stereocenters. The molecule has 0 radical (unpaired) electrons. The molecule has 0 fully saturated rings. The van der Waals surface area contributed by atoms with Crippen LogP contribution in [0.2, 0.25) is 0 Å². The number of nitrogens with one attached hydrogen (secondary N) is 1. The Morgan fingerprint density at radius 3 is 2.79 bits per heavy atom. The molecule has 0 aliphatic rings. The summed E-state index contributed by atoms with van der Waals surface area (Å²) in [5.74, 6) is 0.881. The molecule has 1 aromatic heterocycles. The van der Waals surface area contributed by atoms with Gasteiger partial charge in [0, 0.05) is 23.1 Å². The summed E-state index contributed by atoms with van der Waals surface area (Å²) in [7, 11) is 0. The number of benzene rings is 1. The third kappa shape index (κ3) is 4.40. The first-order valence-electron chi connectivity index (χ1n) is 6.46. The maximum absolute atomic E-state index is 4.61. The fourth-order valence-corrected chi connectivity index (χ4v) is 2.40. The van der Waals surface area contributed by atoms with E-state index >= 15 is 0 Å². The topological polar surface area (TPSA) is 37.8 Å². The van der Waals surface area contributed by atoms with E-state index in [-0.39, 0.29) is 0 Å². The van der Waals surface area contributed by atoms with Crippen LogP contribution in [-0.2, 0) is 13.0 Å². The maximum atomic E-state index is 4.61. The van der Waals surface area contributed by atoms with Crippen molar-refractivity contribution in [3.05, 3.63) is 57.6 Å². The Labute approximate surface area is 122 Å². The smallest absolute Gasteiger partial charge is 0.133 e. The van der Waals surface area contributed by atoms with Crippen molar-refractivity contribution in [3.63, 3.8) is 0 Å². The summed E-state index contributed by atoms with van der Waals surface area (Å²) in [5.41, 5.74) is 3.29. The van der Waals surface area contributed by atoms with Gasteiger partial charge in [-0.3, -0.25) is 0 Å². The van der Waals surface area contributed by atoms with E-state index in [0.717, 1.165) is 41.2 Å². The Morgan fingerprint density at radius 2 is 2.05 bits per heavy atom. The molecule has 0 bridgehead atoms. The number of nitrogens with zero attached hydrogens (tertiary/aromatic N) is 2. The van der Waals surface area contributed by atoms with Crippen LogP contribution in [0.25, 0.3) is 0 Å². The van der Waals surface area contributed by atoms with E-state index in [1.54, 1.807) is 0 Å². The summed E-state index contributed by atoms with van der Waals surface area (Å²) >= 11 is 3.49. The molecule has 3 nitrogen and oxygen atoms in total. The lowest BCUT2D eigenvalue weighted by Crippen LogP contribution is -2.14. The second kappa shape index (κ2) is 6.78. The van der Waals surface area contributed by atoms with Crippen LogP contribution in [0.3, 0.4) is 0 Å². The normalized spacial score (nSPS) is 10.7. The Morgan fingerprint density at radius 1 is 1.21 bits per heavy atom. The molecule has 0 aliphatic carbocycles. The van der Waals surface area contributed by atoms with E-state index in [1.165, 1.54) is 5.56 Å². The van der Waals surface area contributed by atoms with Gasteiger partial charge in [-0.2, -0.15) is 0 Å². The quantitative estimate of drug-likeness (QED) is 0.919. The second-order valence-corrected chi connectivity index (χ2v) is 5.42. The molecule has 1 N–H and O–H groups in total. The lowest BCUT2D eigenvalue weighted by Gasteiger charge is -2.07. The van der Waals surface area contributed by atoms with Crippen LogP contribution in [0.15, 0.2) is 34.8 Å². The van der Waals surface area contributed by atoms with Gasteiger partial charge in [-0.25, -0.2) is 9.97 Å². The van der Waals surface area contributed by atoms with E-state index in [0.29, 0.717) is 0 Å². The van der Waals surface area contributed by atoms with E-state index < -0.39 is 0 Å². The first-order chi connectivity index (χ1) is 9.17. The highest BCUT2D eigenvalue weighted by Gasteiger charge is 2.04. The Bertz CT molecular complexity index is 555. The van der Waals surface area contributed by atoms with Crippen LogP contribution in [-0.4, -0.2) is 16.5 Å². The standard InChI is InChI=1S/C15H18BrN3/c1-3-17-10-14-7-11(2)18-15(19-14)9-12-5-4-6-13(16)8-12/h4-8,17H,3,9-10H2,1-2H3. The zero-order valence-electron chi connectivity index (χ0n) is 11.3. The molecule has 4 heteroatoms.